The fourth-order valence-corrected chi connectivity index (χ4v) is 3.43. The van der Waals surface area contributed by atoms with Gasteiger partial charge in [0.1, 0.15) is 17.7 Å². The molecule has 150 valence electrons. The molecule has 3 aromatic rings. The van der Waals surface area contributed by atoms with E-state index in [4.69, 9.17) is 4.74 Å². The number of aryl methyl sites for hydroxylation is 2. The molecule has 28 heavy (non-hydrogen) atoms. The lowest BCUT2D eigenvalue weighted by atomic mass is 10.0. The third-order valence-electron chi connectivity index (χ3n) is 4.69. The highest BCUT2D eigenvalue weighted by Gasteiger charge is 2.37. The predicted molar refractivity (Wildman–Crippen MR) is 93.8 cm³/mol. The second-order valence-electron chi connectivity index (χ2n) is 6.68. The maximum Gasteiger partial charge on any atom is 0.453 e. The summed E-state index contributed by atoms with van der Waals surface area (Å²) in [4.78, 5) is 12.0. The van der Waals surface area contributed by atoms with Crippen molar-refractivity contribution < 1.29 is 17.9 Å². The van der Waals surface area contributed by atoms with Gasteiger partial charge in [0.25, 0.3) is 11.6 Å². The van der Waals surface area contributed by atoms with Crippen molar-refractivity contribution >= 4 is 11.6 Å². The van der Waals surface area contributed by atoms with E-state index in [9.17, 15) is 13.2 Å². The normalized spacial score (nSPS) is 20.6. The molecule has 0 aliphatic carbocycles. The van der Waals surface area contributed by atoms with E-state index in [1.807, 2.05) is 17.7 Å². The lowest BCUT2D eigenvalue weighted by molar-refractivity contribution is -0.144. The van der Waals surface area contributed by atoms with Crippen LogP contribution in [0.5, 0.6) is 0 Å². The van der Waals surface area contributed by atoms with Gasteiger partial charge in [-0.3, -0.25) is 0 Å². The molecule has 0 bridgehead atoms. The zero-order valence-corrected chi connectivity index (χ0v) is 15.4. The molecule has 0 amide bonds. The van der Waals surface area contributed by atoms with Crippen LogP contribution in [0, 0.1) is 6.92 Å². The first-order chi connectivity index (χ1) is 13.4. The smallest absolute Gasteiger partial charge is 0.368 e. The average molecular weight is 395 g/mol. The van der Waals surface area contributed by atoms with Crippen LogP contribution >= 0.6 is 0 Å². The number of anilines is 1. The highest BCUT2D eigenvalue weighted by Crippen LogP contribution is 2.31. The van der Waals surface area contributed by atoms with Crippen LogP contribution in [0.15, 0.2) is 18.5 Å². The molecular formula is C17H20F3N7O. The van der Waals surface area contributed by atoms with Crippen LogP contribution in [0.1, 0.15) is 43.2 Å². The number of aromatic nitrogens is 6. The fraction of sp³-hybridized carbons (Fsp3) is 0.529. The second-order valence-corrected chi connectivity index (χ2v) is 6.68. The van der Waals surface area contributed by atoms with Gasteiger partial charge in [-0.2, -0.15) is 22.7 Å². The van der Waals surface area contributed by atoms with Gasteiger partial charge < -0.3 is 14.6 Å². The van der Waals surface area contributed by atoms with Crippen molar-refractivity contribution in [3.8, 4) is 0 Å². The van der Waals surface area contributed by atoms with E-state index in [-0.39, 0.29) is 17.9 Å². The van der Waals surface area contributed by atoms with Crippen molar-refractivity contribution in [2.75, 3.05) is 11.9 Å². The number of nitrogens with one attached hydrogen (secondary N) is 1. The van der Waals surface area contributed by atoms with Gasteiger partial charge in [0.05, 0.1) is 6.04 Å². The van der Waals surface area contributed by atoms with Gasteiger partial charge in [-0.1, -0.05) is 0 Å². The summed E-state index contributed by atoms with van der Waals surface area (Å²) in [7, 11) is 0. The van der Waals surface area contributed by atoms with Gasteiger partial charge in [0.2, 0.25) is 0 Å². The van der Waals surface area contributed by atoms with Crippen molar-refractivity contribution in [2.24, 2.45) is 0 Å². The topological polar surface area (TPSA) is 82.2 Å². The minimum atomic E-state index is -4.64. The van der Waals surface area contributed by atoms with Crippen molar-refractivity contribution in [3.63, 3.8) is 0 Å². The number of nitrogens with zero attached hydrogens (tertiary/aromatic N) is 6. The van der Waals surface area contributed by atoms with Gasteiger partial charge in [-0.05, 0) is 26.7 Å². The third kappa shape index (κ3) is 3.41. The number of hydrogen-bond acceptors (Lipinski definition) is 6. The van der Waals surface area contributed by atoms with E-state index in [2.05, 4.69) is 25.4 Å². The van der Waals surface area contributed by atoms with E-state index < -0.39 is 12.0 Å². The molecule has 2 atom stereocenters. The minimum absolute atomic E-state index is 0.0989. The van der Waals surface area contributed by atoms with Crippen LogP contribution < -0.4 is 5.32 Å². The Morgan fingerprint density at radius 1 is 1.32 bits per heavy atom. The first-order valence-corrected chi connectivity index (χ1v) is 9.07. The number of hydrogen-bond donors (Lipinski definition) is 1. The zero-order chi connectivity index (χ0) is 19.9. The van der Waals surface area contributed by atoms with E-state index in [0.717, 1.165) is 29.7 Å². The standard InChI is InChI=1S/C17H20F3N7O/c1-3-26-7-6-21-14(26)13-11(5-4-8-28-13)23-12-9-10(2)22-16-24-15(17(18,19)20)25-27(12)16/h6-7,9,11,13,23H,3-5,8H2,1-2H3/t11-,13-/m0/s1. The maximum absolute atomic E-state index is 13.0. The molecule has 0 spiro atoms. The summed E-state index contributed by atoms with van der Waals surface area (Å²) in [6.45, 7) is 5.07. The Balaban J connectivity index is 1.70. The molecule has 11 heteroatoms. The summed E-state index contributed by atoms with van der Waals surface area (Å²) < 4.78 is 48.1. The van der Waals surface area contributed by atoms with Crippen LogP contribution in [-0.4, -0.2) is 41.8 Å². The molecule has 4 heterocycles. The molecule has 0 unspecified atom stereocenters. The molecule has 8 nitrogen and oxygen atoms in total. The van der Waals surface area contributed by atoms with E-state index >= 15 is 0 Å². The van der Waals surface area contributed by atoms with Crippen molar-refractivity contribution in [3.05, 3.63) is 35.8 Å². The van der Waals surface area contributed by atoms with E-state index in [1.54, 1.807) is 19.2 Å². The van der Waals surface area contributed by atoms with Crippen molar-refractivity contribution in [2.45, 2.75) is 51.6 Å². The average Bonchev–Trinajstić information content (AvgIpc) is 3.28. The number of alkyl halides is 3. The van der Waals surface area contributed by atoms with Gasteiger partial charge in [-0.15, -0.1) is 5.10 Å². The van der Waals surface area contributed by atoms with Gasteiger partial charge in [0, 0.05) is 37.3 Å². The molecular weight excluding hydrogens is 375 g/mol. The van der Waals surface area contributed by atoms with E-state index in [0.29, 0.717) is 18.1 Å². The Bertz CT molecular complexity index is 981. The quantitative estimate of drug-likeness (QED) is 0.731. The number of halogens is 3. The van der Waals surface area contributed by atoms with Gasteiger partial charge >= 0.3 is 6.18 Å². The van der Waals surface area contributed by atoms with Gasteiger partial charge in [-0.25, -0.2) is 9.97 Å². The second kappa shape index (κ2) is 7.04. The Kier molecular flexibility index (Phi) is 4.69. The molecule has 3 aromatic heterocycles. The fourth-order valence-electron chi connectivity index (χ4n) is 3.43. The Hall–Kier alpha value is -2.69. The lowest BCUT2D eigenvalue weighted by Crippen LogP contribution is -2.36. The Morgan fingerprint density at radius 2 is 2.14 bits per heavy atom. The van der Waals surface area contributed by atoms with Crippen LogP contribution in [0.2, 0.25) is 0 Å². The van der Waals surface area contributed by atoms with Crippen LogP contribution in [0.4, 0.5) is 19.0 Å². The number of rotatable bonds is 4. The SMILES string of the molecule is CCn1ccnc1[C@H]1OCCC[C@@H]1Nc1cc(C)nc2nc(C(F)(F)F)nn12. The molecule has 1 aliphatic rings. The van der Waals surface area contributed by atoms with Crippen molar-refractivity contribution in [1.82, 2.24) is 29.1 Å². The number of imidazole rings is 1. The minimum Gasteiger partial charge on any atom is -0.368 e. The van der Waals surface area contributed by atoms with E-state index in [1.165, 1.54) is 0 Å². The van der Waals surface area contributed by atoms with Crippen LogP contribution in [0.25, 0.3) is 5.78 Å². The third-order valence-corrected chi connectivity index (χ3v) is 4.69. The summed E-state index contributed by atoms with van der Waals surface area (Å²) >= 11 is 0. The first-order valence-electron chi connectivity index (χ1n) is 9.07. The molecule has 1 fully saturated rings. The summed E-state index contributed by atoms with van der Waals surface area (Å²) in [6.07, 6.45) is 0.255. The summed E-state index contributed by atoms with van der Waals surface area (Å²) in [5.41, 5.74) is 0.541. The molecule has 1 N–H and O–H groups in total. The number of ether oxygens (including phenoxy) is 1. The summed E-state index contributed by atoms with van der Waals surface area (Å²) in [5.74, 6) is -0.137. The zero-order valence-electron chi connectivity index (χ0n) is 15.4. The molecule has 4 rings (SSSR count). The summed E-state index contributed by atoms with van der Waals surface area (Å²) in [6, 6.07) is 1.48. The molecule has 1 saturated heterocycles. The molecule has 0 aromatic carbocycles. The monoisotopic (exact) mass is 395 g/mol. The molecule has 0 saturated carbocycles. The van der Waals surface area contributed by atoms with Crippen LogP contribution in [0.3, 0.4) is 0 Å². The number of fused-ring (bicyclic) bond motifs is 1. The maximum atomic E-state index is 13.0. The molecule has 0 radical (unpaired) electrons. The Morgan fingerprint density at radius 3 is 2.89 bits per heavy atom. The largest absolute Gasteiger partial charge is 0.453 e. The summed E-state index contributed by atoms with van der Waals surface area (Å²) in [5, 5.41) is 6.90. The first kappa shape index (κ1) is 18.7. The highest BCUT2D eigenvalue weighted by atomic mass is 19.4. The van der Waals surface area contributed by atoms with Crippen LogP contribution in [-0.2, 0) is 17.5 Å². The lowest BCUT2D eigenvalue weighted by Gasteiger charge is -2.32. The van der Waals surface area contributed by atoms with Gasteiger partial charge in [0.15, 0.2) is 0 Å². The highest BCUT2D eigenvalue weighted by molar-refractivity contribution is 5.46. The molecule has 1 aliphatic heterocycles. The predicted octanol–water partition coefficient (Wildman–Crippen LogP) is 3.00. The van der Waals surface area contributed by atoms with Crippen molar-refractivity contribution in [1.29, 1.82) is 0 Å². The Labute approximate surface area is 158 Å².